The third-order valence-electron chi connectivity index (χ3n) is 4.85. The van der Waals surface area contributed by atoms with Crippen molar-refractivity contribution in [3.05, 3.63) is 46.5 Å². The van der Waals surface area contributed by atoms with Crippen LogP contribution in [0.15, 0.2) is 40.9 Å². The number of benzene rings is 1. The molecule has 0 saturated carbocycles. The highest BCUT2D eigenvalue weighted by atomic mass is 32.2. The molecule has 2 aliphatic rings. The van der Waals surface area contributed by atoms with Crippen LogP contribution in [0.25, 0.3) is 0 Å². The van der Waals surface area contributed by atoms with Crippen LogP contribution in [0.2, 0.25) is 0 Å². The van der Waals surface area contributed by atoms with Gasteiger partial charge in [-0.1, -0.05) is 30.3 Å². The molecule has 27 heavy (non-hydrogen) atoms. The number of carbonyl (C=O) groups excluding carboxylic acids is 2. The number of allylic oxidation sites excluding steroid dienone is 1. The van der Waals surface area contributed by atoms with Gasteiger partial charge in [-0.25, -0.2) is 9.59 Å². The van der Waals surface area contributed by atoms with Crippen molar-refractivity contribution in [2.75, 3.05) is 33.1 Å². The van der Waals surface area contributed by atoms with Crippen molar-refractivity contribution >= 4 is 27.3 Å². The smallest absolute Gasteiger partial charge is 0.351 e. The average molecular weight is 386 g/mol. The van der Waals surface area contributed by atoms with Crippen LogP contribution in [0.1, 0.15) is 24.3 Å². The molecule has 6 nitrogen and oxygen atoms in total. The van der Waals surface area contributed by atoms with E-state index in [0.29, 0.717) is 11.3 Å². The van der Waals surface area contributed by atoms with Gasteiger partial charge in [0.15, 0.2) is 4.86 Å². The van der Waals surface area contributed by atoms with Gasteiger partial charge in [0.1, 0.15) is 0 Å². The van der Waals surface area contributed by atoms with Gasteiger partial charge in [-0.15, -0.1) is 10.5 Å². The zero-order chi connectivity index (χ0) is 19.4. The second kappa shape index (κ2) is 8.40. The Bertz CT molecular complexity index is 830. The fourth-order valence-corrected chi connectivity index (χ4v) is 6.31. The monoisotopic (exact) mass is 386 g/mol. The summed E-state index contributed by atoms with van der Waals surface area (Å²) in [7, 11) is 1.65. The number of carbonyl (C=O) groups is 2. The lowest BCUT2D eigenvalue weighted by Gasteiger charge is -2.22. The van der Waals surface area contributed by atoms with E-state index in [1.54, 1.807) is 0 Å². The van der Waals surface area contributed by atoms with E-state index >= 15 is 0 Å². The largest absolute Gasteiger partial charge is 0.465 e. The van der Waals surface area contributed by atoms with Crippen molar-refractivity contribution < 1.29 is 19.1 Å². The average Bonchev–Trinajstić information content (AvgIpc) is 3.35. The van der Waals surface area contributed by atoms with Gasteiger partial charge in [0, 0.05) is 24.8 Å². The summed E-state index contributed by atoms with van der Waals surface area (Å²) in [5, 5.41) is 10.7. The Kier molecular flexibility index (Phi) is 5.97. The van der Waals surface area contributed by atoms with Gasteiger partial charge in [0.05, 0.1) is 30.9 Å². The van der Waals surface area contributed by atoms with Crippen molar-refractivity contribution in [2.45, 2.75) is 18.8 Å². The molecular formula is C20H22N2O4S. The molecule has 2 unspecified atom stereocenters. The van der Waals surface area contributed by atoms with Crippen molar-refractivity contribution in [1.29, 1.82) is 5.26 Å². The minimum absolute atomic E-state index is 0.00641. The molecule has 0 spiro atoms. The minimum Gasteiger partial charge on any atom is -0.465 e. The second-order valence-corrected chi connectivity index (χ2v) is 8.27. The lowest BCUT2D eigenvalue weighted by molar-refractivity contribution is -0.137. The van der Waals surface area contributed by atoms with Gasteiger partial charge in [0.25, 0.3) is 0 Å². The number of hydrogen-bond donors (Lipinski definition) is 0. The van der Waals surface area contributed by atoms with Crippen molar-refractivity contribution in [2.24, 2.45) is 0 Å². The fraction of sp³-hybridized carbons (Fsp3) is 0.400. The molecule has 2 aliphatic heterocycles. The van der Waals surface area contributed by atoms with E-state index in [0.717, 1.165) is 36.5 Å². The maximum atomic E-state index is 12.4. The Morgan fingerprint density at radius 1 is 1.11 bits per heavy atom. The third kappa shape index (κ3) is 3.62. The number of esters is 2. The molecule has 2 atom stereocenters. The molecule has 1 aromatic carbocycles. The van der Waals surface area contributed by atoms with E-state index in [-0.39, 0.29) is 10.8 Å². The Labute approximate surface area is 161 Å². The van der Waals surface area contributed by atoms with E-state index < -0.39 is 22.4 Å². The van der Waals surface area contributed by atoms with Crippen LogP contribution in [0.5, 0.6) is 0 Å². The van der Waals surface area contributed by atoms with E-state index in [1.165, 1.54) is 14.2 Å². The summed E-state index contributed by atoms with van der Waals surface area (Å²) in [5.41, 5.74) is 1.64. The molecule has 0 amide bonds. The Morgan fingerprint density at radius 3 is 2.22 bits per heavy atom. The first-order chi connectivity index (χ1) is 13.1. The zero-order valence-corrected chi connectivity index (χ0v) is 16.3. The van der Waals surface area contributed by atoms with Gasteiger partial charge in [-0.05, 0) is 18.4 Å². The van der Waals surface area contributed by atoms with E-state index in [1.807, 2.05) is 30.3 Å². The maximum absolute atomic E-state index is 12.4. The molecule has 0 radical (unpaired) electrons. The number of hydrogen-bond acceptors (Lipinski definition) is 6. The summed E-state index contributed by atoms with van der Waals surface area (Å²) in [6, 6.07) is 12.1. The van der Waals surface area contributed by atoms with Crippen LogP contribution in [0.4, 0.5) is 0 Å². The summed E-state index contributed by atoms with van der Waals surface area (Å²) >= 11 is 0. The summed E-state index contributed by atoms with van der Waals surface area (Å²) in [5.74, 6) is -1.03. The lowest BCUT2D eigenvalue weighted by atomic mass is 9.94. The molecule has 2 heterocycles. The van der Waals surface area contributed by atoms with Crippen molar-refractivity contribution in [3.8, 4) is 6.07 Å². The summed E-state index contributed by atoms with van der Waals surface area (Å²) in [6.45, 7) is 1.64. The Balaban J connectivity index is 2.22. The van der Waals surface area contributed by atoms with Crippen LogP contribution in [-0.4, -0.2) is 54.8 Å². The molecule has 0 N–H and O–H groups in total. The number of likely N-dealkylation sites (tertiary alicyclic amines) is 1. The first kappa shape index (κ1) is 19.2. The molecule has 1 saturated heterocycles. The second-order valence-electron chi connectivity index (χ2n) is 6.36. The number of rotatable bonds is 4. The van der Waals surface area contributed by atoms with Crippen LogP contribution in [0, 0.1) is 11.3 Å². The van der Waals surface area contributed by atoms with Gasteiger partial charge < -0.3 is 14.4 Å². The standard InChI is InChI=1S/C20H22N2O4S/c1-25-19(23)17(20(24)26-2)27-13-16(14-8-4-3-5-9-14)15(12-21)18(27)22-10-6-7-11-22/h3-5,8-9,16H,6-7,10-11,13H2,1-2H3. The zero-order valence-electron chi connectivity index (χ0n) is 15.4. The Morgan fingerprint density at radius 2 is 1.70 bits per heavy atom. The van der Waals surface area contributed by atoms with Gasteiger partial charge >= 0.3 is 11.9 Å². The van der Waals surface area contributed by atoms with Gasteiger partial charge in [-0.2, -0.15) is 5.26 Å². The highest BCUT2D eigenvalue weighted by molar-refractivity contribution is 8.21. The molecule has 1 fully saturated rings. The molecule has 0 aromatic heterocycles. The van der Waals surface area contributed by atoms with Crippen molar-refractivity contribution in [1.82, 2.24) is 4.90 Å². The van der Waals surface area contributed by atoms with Crippen LogP contribution in [0.3, 0.4) is 0 Å². The number of nitrogens with zero attached hydrogens (tertiary/aromatic N) is 2. The van der Waals surface area contributed by atoms with E-state index in [9.17, 15) is 14.9 Å². The quantitative estimate of drug-likeness (QED) is 0.449. The molecule has 1 aromatic rings. The third-order valence-corrected chi connectivity index (χ3v) is 7.29. The predicted octanol–water partition coefficient (Wildman–Crippen LogP) is 2.40. The highest BCUT2D eigenvalue weighted by Crippen LogP contribution is 2.49. The molecule has 7 heteroatoms. The van der Waals surface area contributed by atoms with Gasteiger partial charge in [0.2, 0.25) is 0 Å². The summed E-state index contributed by atoms with van der Waals surface area (Å²) in [6.07, 6.45) is 2.06. The molecule has 3 rings (SSSR count). The lowest BCUT2D eigenvalue weighted by Crippen LogP contribution is -2.29. The molecular weight excluding hydrogens is 364 g/mol. The first-order valence-corrected chi connectivity index (χ1v) is 10.2. The van der Waals surface area contributed by atoms with E-state index in [2.05, 4.69) is 11.0 Å². The molecule has 0 aliphatic carbocycles. The normalized spacial score (nSPS) is 21.7. The first-order valence-electron chi connectivity index (χ1n) is 8.81. The highest BCUT2D eigenvalue weighted by Gasteiger charge is 2.39. The van der Waals surface area contributed by atoms with Crippen LogP contribution in [-0.2, 0) is 19.1 Å². The van der Waals surface area contributed by atoms with Crippen molar-refractivity contribution in [3.63, 3.8) is 0 Å². The van der Waals surface area contributed by atoms with Crippen LogP contribution >= 0.6 is 10.5 Å². The van der Waals surface area contributed by atoms with E-state index in [4.69, 9.17) is 9.47 Å². The minimum atomic E-state index is -0.863. The summed E-state index contributed by atoms with van der Waals surface area (Å²) in [4.78, 5) is 27.0. The Hall–Kier alpha value is -2.59. The topological polar surface area (TPSA) is 79.6 Å². The predicted molar refractivity (Wildman–Crippen MR) is 104 cm³/mol. The summed E-state index contributed by atoms with van der Waals surface area (Å²) < 4.78 is 9.75. The molecule has 0 bridgehead atoms. The number of ether oxygens (including phenoxy) is 2. The van der Waals surface area contributed by atoms with Gasteiger partial charge in [-0.3, -0.25) is 0 Å². The molecule has 142 valence electrons. The number of methoxy groups -OCH3 is 2. The van der Waals surface area contributed by atoms with Crippen LogP contribution < -0.4 is 0 Å². The number of nitriles is 1. The SMILES string of the molecule is COC(=O)C(C(=O)OC)=S1CC(c2ccccc2)C(C#N)=C1N1CCCC1. The fourth-order valence-electron chi connectivity index (χ4n) is 3.58. The maximum Gasteiger partial charge on any atom is 0.351 e.